The molecule has 9 heteroatoms. The van der Waals surface area contributed by atoms with Crippen molar-refractivity contribution in [1.82, 2.24) is 5.32 Å². The maximum absolute atomic E-state index is 13.5. The molecule has 48 heavy (non-hydrogen) atoms. The molecule has 4 rings (SSSR count). The van der Waals surface area contributed by atoms with E-state index >= 15 is 0 Å². The van der Waals surface area contributed by atoms with Gasteiger partial charge in [-0.3, -0.25) is 0 Å². The fourth-order valence-electron chi connectivity index (χ4n) is 11.7. The molecule has 0 spiro atoms. The standard InChI is InChI=1S/C39H69NO8/c1-23(41)30(40-32(44)48-33(2,3)4)31(43)47-28-16-19-36(9)26(35(28,7)8)15-21-37(10)27(36)22-25(42)29-24(14-20-38(29,37)11)39(12,46)18-13-17-34(5,6)45/h23-30,41-42,45-46H,13-22H2,1-12H3,(H,40,44)/t23-,24+,25-,26+,27-,28+,29+,30+,36+,37-,38-,39-/m1/s1. The smallest absolute Gasteiger partial charge is 0.408 e. The number of aliphatic hydroxyl groups excluding tert-OH is 2. The van der Waals surface area contributed by atoms with E-state index in [9.17, 15) is 30.0 Å². The lowest BCUT2D eigenvalue weighted by Gasteiger charge is -2.70. The van der Waals surface area contributed by atoms with Gasteiger partial charge >= 0.3 is 12.1 Å². The Balaban J connectivity index is 1.53. The van der Waals surface area contributed by atoms with Crippen molar-refractivity contribution < 1.29 is 39.5 Å². The Morgan fingerprint density at radius 3 is 2.04 bits per heavy atom. The summed E-state index contributed by atoms with van der Waals surface area (Å²) < 4.78 is 11.5. The first kappa shape index (κ1) is 39.4. The first-order chi connectivity index (χ1) is 21.7. The molecule has 0 aromatic heterocycles. The molecule has 4 fully saturated rings. The Kier molecular flexibility index (Phi) is 10.6. The quantitative estimate of drug-likeness (QED) is 0.173. The predicted octanol–water partition coefficient (Wildman–Crippen LogP) is 6.52. The summed E-state index contributed by atoms with van der Waals surface area (Å²) in [6.07, 6.45) is 5.20. The van der Waals surface area contributed by atoms with Crippen LogP contribution in [0.2, 0.25) is 0 Å². The van der Waals surface area contributed by atoms with Crippen molar-refractivity contribution in [2.75, 3.05) is 0 Å². The lowest BCUT2D eigenvalue weighted by Crippen LogP contribution is -2.67. The predicted molar refractivity (Wildman–Crippen MR) is 186 cm³/mol. The molecule has 5 N–H and O–H groups in total. The van der Waals surface area contributed by atoms with Crippen molar-refractivity contribution in [3.05, 3.63) is 0 Å². The summed E-state index contributed by atoms with van der Waals surface area (Å²) in [5, 5.41) is 47.1. The average molecular weight is 680 g/mol. The maximum atomic E-state index is 13.5. The van der Waals surface area contributed by atoms with Gasteiger partial charge in [0.2, 0.25) is 0 Å². The molecule has 1 amide bonds. The molecular weight excluding hydrogens is 610 g/mol. The topological polar surface area (TPSA) is 146 Å². The zero-order valence-corrected chi connectivity index (χ0v) is 32.1. The van der Waals surface area contributed by atoms with Crippen molar-refractivity contribution in [2.24, 2.45) is 45.3 Å². The number of rotatable bonds is 9. The van der Waals surface area contributed by atoms with Crippen molar-refractivity contribution in [1.29, 1.82) is 0 Å². The minimum Gasteiger partial charge on any atom is -0.460 e. The van der Waals surface area contributed by atoms with Gasteiger partial charge in [0, 0.05) is 5.41 Å². The van der Waals surface area contributed by atoms with Gasteiger partial charge in [0.1, 0.15) is 11.7 Å². The number of aliphatic hydroxyl groups is 4. The Labute approximate surface area is 290 Å². The molecule has 278 valence electrons. The first-order valence-electron chi connectivity index (χ1n) is 18.7. The van der Waals surface area contributed by atoms with E-state index in [1.165, 1.54) is 6.92 Å². The van der Waals surface area contributed by atoms with Gasteiger partial charge in [0.15, 0.2) is 6.04 Å². The molecule has 0 unspecified atom stereocenters. The molecule has 0 radical (unpaired) electrons. The Bertz CT molecular complexity index is 1190. The summed E-state index contributed by atoms with van der Waals surface area (Å²) in [6, 6.07) is -1.24. The summed E-state index contributed by atoms with van der Waals surface area (Å²) >= 11 is 0. The molecule has 0 aromatic rings. The average Bonchev–Trinajstić information content (AvgIpc) is 3.29. The second-order valence-electron chi connectivity index (χ2n) is 19.6. The van der Waals surface area contributed by atoms with E-state index < -0.39 is 47.1 Å². The van der Waals surface area contributed by atoms with Crippen LogP contribution < -0.4 is 5.32 Å². The van der Waals surface area contributed by atoms with E-state index in [0.717, 1.165) is 38.5 Å². The van der Waals surface area contributed by atoms with Crippen LogP contribution in [0.5, 0.6) is 0 Å². The van der Waals surface area contributed by atoms with Crippen LogP contribution in [-0.4, -0.2) is 73.6 Å². The van der Waals surface area contributed by atoms with Crippen molar-refractivity contribution in [2.45, 2.75) is 188 Å². The molecule has 0 aliphatic heterocycles. The highest BCUT2D eigenvalue weighted by molar-refractivity contribution is 5.82. The molecule has 4 saturated carbocycles. The molecule has 12 atom stereocenters. The minimum atomic E-state index is -1.24. The molecule has 4 aliphatic carbocycles. The van der Waals surface area contributed by atoms with Crippen LogP contribution in [0.1, 0.15) is 147 Å². The van der Waals surface area contributed by atoms with Gasteiger partial charge in [0.05, 0.1) is 23.4 Å². The zero-order chi connectivity index (χ0) is 36.5. The lowest BCUT2D eigenvalue weighted by atomic mass is 9.35. The lowest BCUT2D eigenvalue weighted by molar-refractivity contribution is -0.249. The number of ether oxygens (including phenoxy) is 2. The summed E-state index contributed by atoms with van der Waals surface area (Å²) in [5.41, 5.74) is -3.02. The van der Waals surface area contributed by atoms with Crippen molar-refractivity contribution in [3.8, 4) is 0 Å². The van der Waals surface area contributed by atoms with E-state index in [2.05, 4.69) is 39.9 Å². The summed E-state index contributed by atoms with van der Waals surface area (Å²) in [7, 11) is 0. The molecular formula is C39H69NO8. The Morgan fingerprint density at radius 1 is 0.875 bits per heavy atom. The van der Waals surface area contributed by atoms with Gasteiger partial charge in [0.25, 0.3) is 0 Å². The SMILES string of the molecule is C[C@@H](O)[C@H](NC(=O)OC(C)(C)C)C(=O)O[C@H]1CC[C@]2(C)[C@H]3C[C@@H](O)[C@@H]4[C@@H]([C@](C)(O)CCCC(C)(C)O)CC[C@@]4(C)[C@]3(C)CC[C@H]2C1(C)C. The number of hydrogen-bond donors (Lipinski definition) is 5. The van der Waals surface area contributed by atoms with Crippen LogP contribution in [0.3, 0.4) is 0 Å². The second kappa shape index (κ2) is 13.0. The number of esters is 1. The third kappa shape index (κ3) is 7.18. The van der Waals surface area contributed by atoms with Gasteiger partial charge in [-0.1, -0.05) is 34.6 Å². The number of alkyl carbamates (subject to hydrolysis) is 1. The normalized spacial score (nSPS) is 40.3. The monoisotopic (exact) mass is 680 g/mol. The fraction of sp³-hybridized carbons (Fsp3) is 0.949. The summed E-state index contributed by atoms with van der Waals surface area (Å²) in [6.45, 7) is 23.9. The molecule has 0 aromatic carbocycles. The van der Waals surface area contributed by atoms with Crippen LogP contribution in [-0.2, 0) is 14.3 Å². The van der Waals surface area contributed by atoms with Gasteiger partial charge in [-0.25, -0.2) is 9.59 Å². The Morgan fingerprint density at radius 2 is 1.48 bits per heavy atom. The number of fused-ring (bicyclic) bond motifs is 5. The first-order valence-corrected chi connectivity index (χ1v) is 18.7. The summed E-state index contributed by atoms with van der Waals surface area (Å²) in [5.74, 6) is -0.128. The highest BCUT2D eigenvalue weighted by Crippen LogP contribution is 2.76. The highest BCUT2D eigenvalue weighted by Gasteiger charge is 2.71. The molecule has 0 heterocycles. The Hall–Kier alpha value is -1.42. The van der Waals surface area contributed by atoms with Crippen LogP contribution in [0.15, 0.2) is 0 Å². The van der Waals surface area contributed by atoms with Crippen LogP contribution in [0.25, 0.3) is 0 Å². The molecule has 0 bridgehead atoms. The number of amides is 1. The van der Waals surface area contributed by atoms with Crippen LogP contribution in [0.4, 0.5) is 4.79 Å². The van der Waals surface area contributed by atoms with E-state index in [-0.39, 0.29) is 51.4 Å². The van der Waals surface area contributed by atoms with Gasteiger partial charge in [-0.2, -0.15) is 0 Å². The maximum Gasteiger partial charge on any atom is 0.408 e. The highest BCUT2D eigenvalue weighted by atomic mass is 16.6. The van der Waals surface area contributed by atoms with E-state index in [1.807, 2.05) is 20.8 Å². The van der Waals surface area contributed by atoms with Crippen molar-refractivity contribution >= 4 is 12.1 Å². The molecule has 4 aliphatic rings. The number of nitrogens with one attached hydrogen (secondary N) is 1. The summed E-state index contributed by atoms with van der Waals surface area (Å²) in [4.78, 5) is 26.0. The van der Waals surface area contributed by atoms with E-state index in [4.69, 9.17) is 9.47 Å². The molecule has 9 nitrogen and oxygen atoms in total. The zero-order valence-electron chi connectivity index (χ0n) is 32.1. The van der Waals surface area contributed by atoms with Crippen molar-refractivity contribution in [3.63, 3.8) is 0 Å². The number of carbonyl (C=O) groups excluding carboxylic acids is 2. The van der Waals surface area contributed by atoms with Gasteiger partial charge in [-0.15, -0.1) is 0 Å². The fourth-order valence-corrected chi connectivity index (χ4v) is 11.7. The largest absolute Gasteiger partial charge is 0.460 e. The van der Waals surface area contributed by atoms with Gasteiger partial charge < -0.3 is 35.2 Å². The number of hydrogen-bond acceptors (Lipinski definition) is 8. The third-order valence-electron chi connectivity index (χ3n) is 14.3. The van der Waals surface area contributed by atoms with Gasteiger partial charge in [-0.05, 0) is 153 Å². The van der Waals surface area contributed by atoms with E-state index in [0.29, 0.717) is 25.7 Å². The van der Waals surface area contributed by atoms with Crippen LogP contribution in [0, 0.1) is 45.3 Å². The molecule has 0 saturated heterocycles. The minimum absolute atomic E-state index is 0.00495. The number of carbonyl (C=O) groups is 2. The second-order valence-corrected chi connectivity index (χ2v) is 19.6. The van der Waals surface area contributed by atoms with Crippen LogP contribution >= 0.6 is 0 Å². The third-order valence-corrected chi connectivity index (χ3v) is 14.3. The van der Waals surface area contributed by atoms with E-state index in [1.54, 1.807) is 20.8 Å².